The van der Waals surface area contributed by atoms with Gasteiger partial charge in [-0.3, -0.25) is 0 Å². The molecule has 0 saturated carbocycles. The minimum atomic E-state index is 0.321. The van der Waals surface area contributed by atoms with Gasteiger partial charge in [-0.15, -0.1) is 11.3 Å². The van der Waals surface area contributed by atoms with Gasteiger partial charge in [0.05, 0.1) is 0 Å². The minimum Gasteiger partial charge on any atom is -0.139 e. The Morgan fingerprint density at radius 2 is 1.47 bits per heavy atom. The summed E-state index contributed by atoms with van der Waals surface area (Å²) in [6.07, 6.45) is 0. The average molecular weight is 246 g/mol. The van der Waals surface area contributed by atoms with Crippen molar-refractivity contribution in [2.24, 2.45) is 0 Å². The number of fused-ring (bicyclic) bond motifs is 3. The molecule has 3 rings (SSSR count). The van der Waals surface area contributed by atoms with Gasteiger partial charge in [0.25, 0.3) is 0 Å². The molecule has 1 aliphatic rings. The Balaban J connectivity index is 0.000000514. The molecule has 0 unspecified atom stereocenters. The lowest BCUT2D eigenvalue weighted by molar-refractivity contribution is 0.254. The highest BCUT2D eigenvalue weighted by Gasteiger charge is 2.53. The Morgan fingerprint density at radius 1 is 0.882 bits per heavy atom. The van der Waals surface area contributed by atoms with Crippen LogP contribution < -0.4 is 0 Å². The second kappa shape index (κ2) is 3.84. The van der Waals surface area contributed by atoms with Crippen molar-refractivity contribution in [3.8, 4) is 0 Å². The van der Waals surface area contributed by atoms with E-state index in [2.05, 4.69) is 52.0 Å². The first-order valence-corrected chi connectivity index (χ1v) is 7.30. The van der Waals surface area contributed by atoms with Gasteiger partial charge < -0.3 is 0 Å². The fourth-order valence-electron chi connectivity index (χ4n) is 2.64. The van der Waals surface area contributed by atoms with Crippen LogP contribution in [-0.2, 0) is 10.8 Å². The van der Waals surface area contributed by atoms with Gasteiger partial charge in [0.15, 0.2) is 0 Å². The van der Waals surface area contributed by atoms with E-state index in [4.69, 9.17) is 0 Å². The van der Waals surface area contributed by atoms with Crippen LogP contribution in [0.4, 0.5) is 0 Å². The van der Waals surface area contributed by atoms with Gasteiger partial charge >= 0.3 is 0 Å². The van der Waals surface area contributed by atoms with Crippen molar-refractivity contribution < 1.29 is 0 Å². The summed E-state index contributed by atoms with van der Waals surface area (Å²) in [5, 5.41) is 1.47. The molecule has 1 aliphatic carbocycles. The second-order valence-corrected chi connectivity index (χ2v) is 6.60. The molecular formula is C16H22S. The van der Waals surface area contributed by atoms with Gasteiger partial charge in [-0.2, -0.15) is 0 Å². The smallest absolute Gasteiger partial charge is 0.0348 e. The maximum atomic E-state index is 2.37. The number of hydrogen-bond acceptors (Lipinski definition) is 1. The third kappa shape index (κ3) is 1.41. The van der Waals surface area contributed by atoms with Gasteiger partial charge in [-0.25, -0.2) is 0 Å². The van der Waals surface area contributed by atoms with E-state index in [1.807, 2.05) is 25.2 Å². The van der Waals surface area contributed by atoms with E-state index in [0.717, 1.165) is 0 Å². The maximum Gasteiger partial charge on any atom is 0.0348 e. The highest BCUT2D eigenvalue weighted by atomic mass is 32.1. The minimum absolute atomic E-state index is 0.321. The predicted octanol–water partition coefficient (Wildman–Crippen LogP) is 5.50. The van der Waals surface area contributed by atoms with Gasteiger partial charge in [0, 0.05) is 20.4 Å². The average Bonchev–Trinajstić information content (AvgIpc) is 2.70. The van der Waals surface area contributed by atoms with Gasteiger partial charge in [0.1, 0.15) is 0 Å². The van der Waals surface area contributed by atoms with E-state index in [9.17, 15) is 0 Å². The first kappa shape index (κ1) is 12.6. The summed E-state index contributed by atoms with van der Waals surface area (Å²) in [5.41, 5.74) is 2.25. The molecule has 17 heavy (non-hydrogen) atoms. The van der Waals surface area contributed by atoms with Crippen LogP contribution in [0.3, 0.4) is 0 Å². The van der Waals surface area contributed by atoms with Crippen LogP contribution >= 0.6 is 11.3 Å². The standard InChI is InChI=1S/C14H16S.C2H6/c1-13(2)11-9-7-5-6-8-10(9)15-12(11)14(13,3)4;1-2/h5-8H,1-4H3;1-2H3. The topological polar surface area (TPSA) is 0 Å². The molecule has 0 nitrogen and oxygen atoms in total. The van der Waals surface area contributed by atoms with E-state index >= 15 is 0 Å². The lowest BCUT2D eigenvalue weighted by Crippen LogP contribution is -2.49. The van der Waals surface area contributed by atoms with Crippen molar-refractivity contribution in [2.75, 3.05) is 0 Å². The zero-order valence-corrected chi connectivity index (χ0v) is 12.5. The molecule has 1 heteroatoms. The number of rotatable bonds is 0. The first-order chi connectivity index (χ1) is 7.96. The summed E-state index contributed by atoms with van der Waals surface area (Å²) < 4.78 is 1.45. The number of benzene rings is 1. The number of hydrogen-bond donors (Lipinski definition) is 0. The summed E-state index contributed by atoms with van der Waals surface area (Å²) >= 11 is 1.97. The van der Waals surface area contributed by atoms with Crippen molar-refractivity contribution in [1.29, 1.82) is 0 Å². The van der Waals surface area contributed by atoms with Crippen molar-refractivity contribution in [2.45, 2.75) is 52.4 Å². The van der Waals surface area contributed by atoms with Crippen molar-refractivity contribution in [1.82, 2.24) is 0 Å². The van der Waals surface area contributed by atoms with Crippen molar-refractivity contribution >= 4 is 21.4 Å². The molecule has 1 aromatic heterocycles. The van der Waals surface area contributed by atoms with E-state index in [1.165, 1.54) is 10.1 Å². The summed E-state index contributed by atoms with van der Waals surface area (Å²) in [4.78, 5) is 1.59. The zero-order valence-electron chi connectivity index (χ0n) is 11.7. The Kier molecular flexibility index (Phi) is 2.86. The van der Waals surface area contributed by atoms with Crippen molar-refractivity contribution in [3.63, 3.8) is 0 Å². The largest absolute Gasteiger partial charge is 0.139 e. The van der Waals surface area contributed by atoms with Gasteiger partial charge in [-0.05, 0) is 17.0 Å². The summed E-state index contributed by atoms with van der Waals surface area (Å²) in [6, 6.07) is 8.79. The van der Waals surface area contributed by atoms with Crippen LogP contribution in [0.25, 0.3) is 10.1 Å². The van der Waals surface area contributed by atoms with Crippen LogP contribution in [0.1, 0.15) is 52.0 Å². The number of thiophene rings is 1. The van der Waals surface area contributed by atoms with Gasteiger partial charge in [-0.1, -0.05) is 59.7 Å². The van der Waals surface area contributed by atoms with E-state index in [0.29, 0.717) is 10.8 Å². The molecule has 0 saturated heterocycles. The fraction of sp³-hybridized carbons (Fsp3) is 0.500. The van der Waals surface area contributed by atoms with Crippen LogP contribution in [0.5, 0.6) is 0 Å². The third-order valence-corrected chi connectivity index (χ3v) is 5.85. The maximum absolute atomic E-state index is 2.37. The summed E-state index contributed by atoms with van der Waals surface area (Å²) in [5.74, 6) is 0. The van der Waals surface area contributed by atoms with E-state index in [-0.39, 0.29) is 0 Å². The molecule has 0 amide bonds. The molecule has 1 aromatic carbocycles. The Bertz CT molecular complexity index is 544. The quantitative estimate of drug-likeness (QED) is 0.576. The fourth-order valence-corrected chi connectivity index (χ4v) is 4.26. The summed E-state index contributed by atoms with van der Waals surface area (Å²) in [7, 11) is 0. The van der Waals surface area contributed by atoms with Crippen LogP contribution in [-0.4, -0.2) is 0 Å². The Morgan fingerprint density at radius 3 is 2.12 bits per heavy atom. The van der Waals surface area contributed by atoms with Gasteiger partial charge in [0.2, 0.25) is 0 Å². The molecular weight excluding hydrogens is 224 g/mol. The van der Waals surface area contributed by atoms with Crippen LogP contribution in [0.2, 0.25) is 0 Å². The van der Waals surface area contributed by atoms with E-state index < -0.39 is 0 Å². The SMILES string of the molecule is CC.CC1(C)c2sc3ccccc3c2C1(C)C. The molecule has 0 radical (unpaired) electrons. The molecule has 1 heterocycles. The lowest BCUT2D eigenvalue weighted by Gasteiger charge is -2.52. The molecule has 92 valence electrons. The highest BCUT2D eigenvalue weighted by molar-refractivity contribution is 7.19. The molecule has 2 aromatic rings. The Labute approximate surface area is 109 Å². The molecule has 0 N–H and O–H groups in total. The van der Waals surface area contributed by atoms with Crippen LogP contribution in [0.15, 0.2) is 24.3 Å². The molecule has 0 bridgehead atoms. The van der Waals surface area contributed by atoms with E-state index in [1.54, 1.807) is 10.4 Å². The monoisotopic (exact) mass is 246 g/mol. The third-order valence-electron chi connectivity index (χ3n) is 4.35. The van der Waals surface area contributed by atoms with Crippen molar-refractivity contribution in [3.05, 3.63) is 34.7 Å². The second-order valence-electron chi connectivity index (χ2n) is 5.55. The predicted molar refractivity (Wildman–Crippen MR) is 79.2 cm³/mol. The molecule has 0 spiro atoms. The molecule has 0 atom stereocenters. The normalized spacial score (nSPS) is 18.9. The summed E-state index contributed by atoms with van der Waals surface area (Å²) in [6.45, 7) is 13.5. The van der Waals surface area contributed by atoms with Crippen LogP contribution in [0, 0.1) is 0 Å². The first-order valence-electron chi connectivity index (χ1n) is 6.49. The molecule has 0 aliphatic heterocycles. The Hall–Kier alpha value is -0.820. The zero-order chi connectivity index (χ0) is 12.8. The highest BCUT2D eigenvalue weighted by Crippen LogP contribution is 2.61. The molecule has 0 fully saturated rings. The lowest BCUT2D eigenvalue weighted by atomic mass is 9.53.